The third-order valence-electron chi connectivity index (χ3n) is 8.70. The zero-order valence-corrected chi connectivity index (χ0v) is 27.5. The van der Waals surface area contributed by atoms with E-state index in [-0.39, 0.29) is 25.3 Å². The van der Waals surface area contributed by atoms with Gasteiger partial charge < -0.3 is 20.8 Å². The number of carbonyl (C=O) groups excluding carboxylic acids is 2. The van der Waals surface area contributed by atoms with Crippen LogP contribution in [0.25, 0.3) is 21.5 Å². The van der Waals surface area contributed by atoms with Gasteiger partial charge in [-0.05, 0) is 50.1 Å². The number of aliphatic carboxylic acids is 1. The molecule has 5 aromatic rings. The van der Waals surface area contributed by atoms with Crippen molar-refractivity contribution in [1.82, 2.24) is 16.0 Å². The Morgan fingerprint density at radius 1 is 0.688 bits per heavy atom. The van der Waals surface area contributed by atoms with Gasteiger partial charge in [0.1, 0.15) is 18.2 Å². The molecule has 0 bridgehead atoms. The van der Waals surface area contributed by atoms with Crippen LogP contribution in [0.1, 0.15) is 37.5 Å². The minimum atomic E-state index is -1.51. The number of nitrogens with one attached hydrogen (secondary N) is 3. The zero-order valence-electron chi connectivity index (χ0n) is 27.5. The monoisotopic (exact) mass is 645 g/mol. The third-order valence-corrected chi connectivity index (χ3v) is 8.70. The number of benzene rings is 5. The second-order valence-corrected chi connectivity index (χ2v) is 13.3. The molecule has 0 fully saturated rings. The fourth-order valence-electron chi connectivity index (χ4n) is 6.15. The highest BCUT2D eigenvalue weighted by Gasteiger charge is 2.38. The lowest BCUT2D eigenvalue weighted by atomic mass is 9.85. The molecule has 1 unspecified atom stereocenters. The minimum Gasteiger partial charge on any atom is -0.480 e. The second-order valence-electron chi connectivity index (χ2n) is 13.3. The van der Waals surface area contributed by atoms with E-state index in [4.69, 9.17) is 0 Å². The number of carboxylic acid groups (broad SMARTS) is 1. The topological polar surface area (TPSA) is 128 Å². The Labute approximate surface area is 281 Å². The molecule has 5 rings (SSSR count). The van der Waals surface area contributed by atoms with Gasteiger partial charge in [-0.2, -0.15) is 0 Å². The smallest absolute Gasteiger partial charge is 0.323 e. The Balaban J connectivity index is 1.36. The van der Waals surface area contributed by atoms with Gasteiger partial charge in [-0.1, -0.05) is 136 Å². The molecule has 0 aliphatic heterocycles. The van der Waals surface area contributed by atoms with Crippen molar-refractivity contribution in [2.45, 2.75) is 64.4 Å². The summed E-state index contributed by atoms with van der Waals surface area (Å²) in [6.45, 7) is 5.74. The van der Waals surface area contributed by atoms with Crippen LogP contribution in [0.2, 0.25) is 0 Å². The molecule has 0 aliphatic carbocycles. The summed E-state index contributed by atoms with van der Waals surface area (Å²) in [4.78, 5) is 40.0. The van der Waals surface area contributed by atoms with E-state index in [0.717, 1.165) is 38.2 Å². The number of hydrogen-bond acceptors (Lipinski definition) is 5. The molecule has 4 atom stereocenters. The maximum atomic E-state index is 14.0. The molecule has 0 saturated carbocycles. The quantitative estimate of drug-likeness (QED) is 0.117. The van der Waals surface area contributed by atoms with Crippen molar-refractivity contribution in [1.29, 1.82) is 0 Å². The molecular formula is C40H43N3O5. The second kappa shape index (κ2) is 15.2. The summed E-state index contributed by atoms with van der Waals surface area (Å²) >= 11 is 0. The van der Waals surface area contributed by atoms with Crippen molar-refractivity contribution >= 4 is 39.3 Å². The lowest BCUT2D eigenvalue weighted by Crippen LogP contribution is -2.61. The molecule has 5 N–H and O–H groups in total. The Morgan fingerprint density at radius 3 is 1.83 bits per heavy atom. The number of hydrogen-bond donors (Lipinski definition) is 5. The van der Waals surface area contributed by atoms with Crippen LogP contribution in [0.5, 0.6) is 0 Å². The number of aliphatic hydroxyl groups excluding tert-OH is 1. The van der Waals surface area contributed by atoms with Crippen LogP contribution < -0.4 is 16.0 Å². The average molecular weight is 646 g/mol. The summed E-state index contributed by atoms with van der Waals surface area (Å²) in [6, 6.07) is 33.2. The van der Waals surface area contributed by atoms with Gasteiger partial charge in [0.25, 0.3) is 0 Å². The van der Waals surface area contributed by atoms with E-state index in [1.165, 1.54) is 0 Å². The molecule has 2 amide bonds. The highest BCUT2D eigenvalue weighted by atomic mass is 16.4. The fourth-order valence-corrected chi connectivity index (χ4v) is 6.15. The number of carbonyl (C=O) groups is 3. The van der Waals surface area contributed by atoms with E-state index < -0.39 is 41.5 Å². The summed E-state index contributed by atoms with van der Waals surface area (Å²) < 4.78 is 0. The number of rotatable bonds is 13. The average Bonchev–Trinajstić information content (AvgIpc) is 3.07. The number of amides is 2. The van der Waals surface area contributed by atoms with E-state index in [9.17, 15) is 24.6 Å². The van der Waals surface area contributed by atoms with E-state index in [1.807, 2.05) is 136 Å². The van der Waals surface area contributed by atoms with Crippen molar-refractivity contribution in [3.63, 3.8) is 0 Å². The standard InChI is InChI=1S/C40H43N3O5/c1-40(2,3)37(43-34(44)24-29-19-11-17-27-15-7-9-21-31(27)29)38(46)42-33(23-26-13-5-4-6-14-26)36(45)35(39(47)48)41-25-30-20-12-18-28-16-8-10-22-32(28)30/h4-22,33,35-37,41,45H,23-25H2,1-3H3,(H,42,46)(H,43,44)(H,47,48)/t33-,35+,36+,37?/m0/s1. The van der Waals surface area contributed by atoms with Crippen molar-refractivity contribution in [3.05, 3.63) is 132 Å². The maximum absolute atomic E-state index is 14.0. The van der Waals surface area contributed by atoms with Crippen LogP contribution in [0.15, 0.2) is 115 Å². The number of fused-ring (bicyclic) bond motifs is 2. The van der Waals surface area contributed by atoms with Crippen LogP contribution in [0.4, 0.5) is 0 Å². The molecule has 5 aromatic carbocycles. The summed E-state index contributed by atoms with van der Waals surface area (Å²) in [7, 11) is 0. The normalized spacial score (nSPS) is 14.2. The minimum absolute atomic E-state index is 0.0798. The first-order chi connectivity index (χ1) is 23.0. The summed E-state index contributed by atoms with van der Waals surface area (Å²) in [5.41, 5.74) is 1.85. The van der Waals surface area contributed by atoms with E-state index >= 15 is 0 Å². The largest absolute Gasteiger partial charge is 0.480 e. The highest BCUT2D eigenvalue weighted by Crippen LogP contribution is 2.23. The van der Waals surface area contributed by atoms with Gasteiger partial charge in [-0.15, -0.1) is 0 Å². The third kappa shape index (κ3) is 8.45. The first-order valence-electron chi connectivity index (χ1n) is 16.2. The first kappa shape index (κ1) is 34.3. The van der Waals surface area contributed by atoms with Gasteiger partial charge in [-0.25, -0.2) is 0 Å². The maximum Gasteiger partial charge on any atom is 0.323 e. The van der Waals surface area contributed by atoms with Crippen LogP contribution >= 0.6 is 0 Å². The lowest BCUT2D eigenvalue weighted by Gasteiger charge is -2.34. The molecular weight excluding hydrogens is 602 g/mol. The number of aliphatic hydroxyl groups is 1. The molecule has 0 spiro atoms. The van der Waals surface area contributed by atoms with E-state index in [1.54, 1.807) is 0 Å². The Hall–Kier alpha value is -5.05. The van der Waals surface area contributed by atoms with Crippen LogP contribution in [-0.2, 0) is 33.8 Å². The Bertz CT molecular complexity index is 1870. The summed E-state index contributed by atoms with van der Waals surface area (Å²) in [5.74, 6) is -2.07. The molecule has 0 heterocycles. The Kier molecular flexibility index (Phi) is 10.9. The predicted octanol–water partition coefficient (Wildman–Crippen LogP) is 5.40. The molecule has 0 saturated heterocycles. The van der Waals surface area contributed by atoms with Gasteiger partial charge >= 0.3 is 5.97 Å². The van der Waals surface area contributed by atoms with Crippen LogP contribution in [0, 0.1) is 5.41 Å². The molecule has 8 heteroatoms. The van der Waals surface area contributed by atoms with Crippen LogP contribution in [-0.4, -0.2) is 52.2 Å². The number of carboxylic acids is 1. The molecule has 48 heavy (non-hydrogen) atoms. The van der Waals surface area contributed by atoms with Gasteiger partial charge in [0.05, 0.1) is 12.5 Å². The van der Waals surface area contributed by atoms with E-state index in [2.05, 4.69) is 16.0 Å². The van der Waals surface area contributed by atoms with Crippen molar-refractivity contribution in [2.24, 2.45) is 5.41 Å². The zero-order chi connectivity index (χ0) is 34.3. The predicted molar refractivity (Wildman–Crippen MR) is 189 cm³/mol. The summed E-state index contributed by atoms with van der Waals surface area (Å²) in [5, 5.41) is 34.8. The van der Waals surface area contributed by atoms with Gasteiger partial charge in [0.2, 0.25) is 11.8 Å². The van der Waals surface area contributed by atoms with Gasteiger partial charge in [0, 0.05) is 6.54 Å². The summed E-state index contributed by atoms with van der Waals surface area (Å²) in [6.07, 6.45) is -1.25. The lowest BCUT2D eigenvalue weighted by molar-refractivity contribution is -0.144. The van der Waals surface area contributed by atoms with E-state index in [0.29, 0.717) is 0 Å². The molecule has 8 nitrogen and oxygen atoms in total. The Morgan fingerprint density at radius 2 is 1.23 bits per heavy atom. The van der Waals surface area contributed by atoms with Gasteiger partial charge in [-0.3, -0.25) is 19.7 Å². The molecule has 0 aliphatic rings. The van der Waals surface area contributed by atoms with Crippen molar-refractivity contribution in [3.8, 4) is 0 Å². The SMILES string of the molecule is CC(C)(C)C(NC(=O)Cc1cccc2ccccc12)C(=O)N[C@@H](Cc1ccccc1)[C@@H](O)[C@@H](NCc1cccc2ccccc12)C(=O)O. The molecule has 0 aromatic heterocycles. The highest BCUT2D eigenvalue weighted by molar-refractivity contribution is 5.93. The van der Waals surface area contributed by atoms with Crippen molar-refractivity contribution in [2.75, 3.05) is 0 Å². The first-order valence-corrected chi connectivity index (χ1v) is 16.2. The van der Waals surface area contributed by atoms with Crippen LogP contribution in [0.3, 0.4) is 0 Å². The van der Waals surface area contributed by atoms with Gasteiger partial charge in [0.15, 0.2) is 0 Å². The molecule has 248 valence electrons. The van der Waals surface area contributed by atoms with Crippen molar-refractivity contribution < 1.29 is 24.6 Å². The fraction of sp³-hybridized carbons (Fsp3) is 0.275. The molecule has 0 radical (unpaired) electrons.